The van der Waals surface area contributed by atoms with Crippen molar-refractivity contribution in [1.29, 1.82) is 5.26 Å². The summed E-state index contributed by atoms with van der Waals surface area (Å²) in [6.07, 6.45) is 1.62. The molecule has 0 spiro atoms. The highest BCUT2D eigenvalue weighted by atomic mass is 16.5. The maximum absolute atomic E-state index is 12.1. The zero-order chi connectivity index (χ0) is 16.8. The van der Waals surface area contributed by atoms with Crippen LogP contribution in [0.4, 0.5) is 0 Å². The zero-order valence-corrected chi connectivity index (χ0v) is 13.6. The molecular weight excluding hydrogens is 288 g/mol. The summed E-state index contributed by atoms with van der Waals surface area (Å²) in [5.74, 6) is 0.436. The first kappa shape index (κ1) is 16.6. The molecule has 1 amide bonds. The van der Waals surface area contributed by atoms with E-state index in [1.165, 1.54) is 0 Å². The van der Waals surface area contributed by atoms with Crippen molar-refractivity contribution < 1.29 is 9.53 Å². The van der Waals surface area contributed by atoms with Crippen molar-refractivity contribution in [3.05, 3.63) is 47.5 Å². The van der Waals surface area contributed by atoms with E-state index in [4.69, 9.17) is 4.74 Å². The molecule has 2 rings (SSSR count). The molecule has 0 radical (unpaired) electrons. The Kier molecular flexibility index (Phi) is 5.37. The second-order valence-corrected chi connectivity index (χ2v) is 5.43. The molecule has 0 aromatic heterocycles. The van der Waals surface area contributed by atoms with E-state index in [1.807, 2.05) is 63.2 Å². The maximum Gasteiger partial charge on any atom is 0.262 e. The van der Waals surface area contributed by atoms with Gasteiger partial charge in [-0.2, -0.15) is 5.26 Å². The van der Waals surface area contributed by atoms with Gasteiger partial charge >= 0.3 is 0 Å². The Balaban J connectivity index is 2.51. The molecule has 0 saturated carbocycles. The summed E-state index contributed by atoms with van der Waals surface area (Å²) in [5, 5.41) is 13.9. The Morgan fingerprint density at radius 3 is 2.57 bits per heavy atom. The van der Waals surface area contributed by atoms with Gasteiger partial charge < -0.3 is 10.1 Å². The SMILES string of the molecule is CCOc1ccc(C=C(C#N)C(=O)NC(C)C)c2ccccc12. The number of ether oxygens (including phenoxy) is 1. The summed E-state index contributed by atoms with van der Waals surface area (Å²) in [4.78, 5) is 12.1. The quantitative estimate of drug-likeness (QED) is 0.677. The van der Waals surface area contributed by atoms with Crippen LogP contribution < -0.4 is 10.1 Å². The predicted octanol–water partition coefficient (Wildman–Crippen LogP) is 3.67. The minimum atomic E-state index is -0.361. The van der Waals surface area contributed by atoms with Crippen molar-refractivity contribution >= 4 is 22.8 Å². The van der Waals surface area contributed by atoms with Gasteiger partial charge in [0.1, 0.15) is 17.4 Å². The number of carbonyl (C=O) groups is 1. The summed E-state index contributed by atoms with van der Waals surface area (Å²) in [6, 6.07) is 13.5. The van der Waals surface area contributed by atoms with Gasteiger partial charge in [0.05, 0.1) is 6.61 Å². The van der Waals surface area contributed by atoms with Crippen LogP contribution in [0, 0.1) is 11.3 Å². The van der Waals surface area contributed by atoms with Gasteiger partial charge in [0.15, 0.2) is 0 Å². The third-order valence-electron chi connectivity index (χ3n) is 3.30. The molecule has 0 atom stereocenters. The van der Waals surface area contributed by atoms with Crippen LogP contribution >= 0.6 is 0 Å². The highest BCUT2D eigenvalue weighted by Gasteiger charge is 2.12. The van der Waals surface area contributed by atoms with E-state index in [-0.39, 0.29) is 17.5 Å². The monoisotopic (exact) mass is 308 g/mol. The first-order valence-corrected chi connectivity index (χ1v) is 7.64. The predicted molar refractivity (Wildman–Crippen MR) is 92.0 cm³/mol. The largest absolute Gasteiger partial charge is 0.493 e. The third kappa shape index (κ3) is 3.89. The van der Waals surface area contributed by atoms with Gasteiger partial charge in [-0.3, -0.25) is 4.79 Å². The van der Waals surface area contributed by atoms with Crippen LogP contribution in [-0.4, -0.2) is 18.6 Å². The van der Waals surface area contributed by atoms with Crippen LogP contribution in [0.15, 0.2) is 42.0 Å². The zero-order valence-electron chi connectivity index (χ0n) is 13.6. The molecule has 2 aromatic carbocycles. The molecule has 0 aliphatic rings. The van der Waals surface area contributed by atoms with Crippen molar-refractivity contribution in [2.45, 2.75) is 26.8 Å². The minimum Gasteiger partial charge on any atom is -0.493 e. The summed E-state index contributed by atoms with van der Waals surface area (Å²) >= 11 is 0. The van der Waals surface area contributed by atoms with Gasteiger partial charge in [0, 0.05) is 11.4 Å². The maximum atomic E-state index is 12.1. The smallest absolute Gasteiger partial charge is 0.262 e. The lowest BCUT2D eigenvalue weighted by Crippen LogP contribution is -2.30. The van der Waals surface area contributed by atoms with E-state index in [0.717, 1.165) is 22.1 Å². The number of hydrogen-bond acceptors (Lipinski definition) is 3. The molecule has 0 aliphatic carbocycles. The standard InChI is InChI=1S/C19H20N2O2/c1-4-23-18-10-9-14(16-7-5-6-8-17(16)18)11-15(12-20)19(22)21-13(2)3/h5-11,13H,4H2,1-3H3,(H,21,22). The molecular formula is C19H20N2O2. The fourth-order valence-corrected chi connectivity index (χ4v) is 2.35. The second-order valence-electron chi connectivity index (χ2n) is 5.43. The van der Waals surface area contributed by atoms with Gasteiger partial charge in [0.25, 0.3) is 5.91 Å². The van der Waals surface area contributed by atoms with Gasteiger partial charge in [-0.15, -0.1) is 0 Å². The third-order valence-corrected chi connectivity index (χ3v) is 3.30. The average molecular weight is 308 g/mol. The molecule has 4 heteroatoms. The van der Waals surface area contributed by atoms with Crippen LogP contribution in [-0.2, 0) is 4.79 Å². The van der Waals surface area contributed by atoms with Crippen molar-refractivity contribution in [3.63, 3.8) is 0 Å². The highest BCUT2D eigenvalue weighted by molar-refractivity contribution is 6.04. The number of amides is 1. The minimum absolute atomic E-state index is 0.0173. The number of nitrogens with zero attached hydrogens (tertiary/aromatic N) is 1. The Hall–Kier alpha value is -2.80. The van der Waals surface area contributed by atoms with Crippen LogP contribution in [0.1, 0.15) is 26.3 Å². The summed E-state index contributed by atoms with van der Waals surface area (Å²) in [5.41, 5.74) is 0.910. The summed E-state index contributed by atoms with van der Waals surface area (Å²) in [6.45, 7) is 6.24. The molecule has 0 unspecified atom stereocenters. The number of hydrogen-bond donors (Lipinski definition) is 1. The van der Waals surface area contributed by atoms with E-state index in [9.17, 15) is 10.1 Å². The van der Waals surface area contributed by atoms with Crippen molar-refractivity contribution in [2.24, 2.45) is 0 Å². The summed E-state index contributed by atoms with van der Waals surface area (Å²) < 4.78 is 5.64. The van der Waals surface area contributed by atoms with E-state index >= 15 is 0 Å². The topological polar surface area (TPSA) is 62.1 Å². The Morgan fingerprint density at radius 1 is 1.26 bits per heavy atom. The molecule has 0 heterocycles. The normalized spacial score (nSPS) is 11.3. The molecule has 23 heavy (non-hydrogen) atoms. The van der Waals surface area contributed by atoms with Crippen LogP contribution in [0.3, 0.4) is 0 Å². The van der Waals surface area contributed by atoms with Gasteiger partial charge in [-0.1, -0.05) is 30.3 Å². The first-order chi connectivity index (χ1) is 11.1. The number of benzene rings is 2. The lowest BCUT2D eigenvalue weighted by Gasteiger charge is -2.11. The number of nitrogens with one attached hydrogen (secondary N) is 1. The number of nitriles is 1. The number of rotatable bonds is 5. The Labute approximate surface area is 136 Å². The highest BCUT2D eigenvalue weighted by Crippen LogP contribution is 2.29. The molecule has 0 bridgehead atoms. The molecule has 2 aromatic rings. The van der Waals surface area contributed by atoms with Crippen LogP contribution in [0.2, 0.25) is 0 Å². The van der Waals surface area contributed by atoms with Crippen molar-refractivity contribution in [3.8, 4) is 11.8 Å². The molecule has 0 fully saturated rings. The molecule has 0 saturated heterocycles. The molecule has 1 N–H and O–H groups in total. The summed E-state index contributed by atoms with van der Waals surface area (Å²) in [7, 11) is 0. The van der Waals surface area contributed by atoms with Gasteiger partial charge in [0.2, 0.25) is 0 Å². The second kappa shape index (κ2) is 7.46. The van der Waals surface area contributed by atoms with Crippen LogP contribution in [0.5, 0.6) is 5.75 Å². The van der Waals surface area contributed by atoms with Crippen molar-refractivity contribution in [1.82, 2.24) is 5.32 Å². The fourth-order valence-electron chi connectivity index (χ4n) is 2.35. The molecule has 118 valence electrons. The average Bonchev–Trinajstić information content (AvgIpc) is 2.53. The molecule has 4 nitrogen and oxygen atoms in total. The molecule has 0 aliphatic heterocycles. The van der Waals surface area contributed by atoms with Gasteiger partial charge in [-0.05, 0) is 43.9 Å². The Bertz CT molecular complexity index is 786. The van der Waals surface area contributed by atoms with E-state index < -0.39 is 0 Å². The van der Waals surface area contributed by atoms with Gasteiger partial charge in [-0.25, -0.2) is 0 Å². The van der Waals surface area contributed by atoms with Crippen LogP contribution in [0.25, 0.3) is 16.8 Å². The number of carbonyl (C=O) groups excluding carboxylic acids is 1. The lowest BCUT2D eigenvalue weighted by molar-refractivity contribution is -0.117. The van der Waals surface area contributed by atoms with E-state index in [2.05, 4.69) is 5.32 Å². The lowest BCUT2D eigenvalue weighted by atomic mass is 10.0. The number of fused-ring (bicyclic) bond motifs is 1. The fraction of sp³-hybridized carbons (Fsp3) is 0.263. The first-order valence-electron chi connectivity index (χ1n) is 7.64. The van der Waals surface area contributed by atoms with Crippen molar-refractivity contribution in [2.75, 3.05) is 6.61 Å². The Morgan fingerprint density at radius 2 is 1.96 bits per heavy atom. The van der Waals surface area contributed by atoms with E-state index in [0.29, 0.717) is 6.61 Å². The van der Waals surface area contributed by atoms with E-state index in [1.54, 1.807) is 6.08 Å².